The summed E-state index contributed by atoms with van der Waals surface area (Å²) in [7, 11) is -1.26. The van der Waals surface area contributed by atoms with Crippen LogP contribution in [-0.2, 0) is 17.3 Å². The van der Waals surface area contributed by atoms with E-state index < -0.39 is 10.8 Å². The molecule has 2 rings (SSSR count). The first-order chi connectivity index (χ1) is 7.63. The molecule has 0 aliphatic heterocycles. The molecule has 7 heteroatoms. The zero-order chi connectivity index (χ0) is 11.7. The van der Waals surface area contributed by atoms with Gasteiger partial charge in [-0.3, -0.25) is 14.1 Å². The third-order valence-corrected chi connectivity index (χ3v) is 2.76. The molecule has 2 aromatic rings. The molecule has 0 aliphatic rings. The lowest BCUT2D eigenvalue weighted by Gasteiger charge is -1.93. The van der Waals surface area contributed by atoms with E-state index >= 15 is 0 Å². The van der Waals surface area contributed by atoms with Crippen LogP contribution in [0.2, 0.25) is 0 Å². The molecule has 0 spiro atoms. The number of hydrogen-bond donors (Lipinski definition) is 1. The van der Waals surface area contributed by atoms with Crippen LogP contribution in [0.5, 0.6) is 0 Å². The monoisotopic (exact) mass is 238 g/mol. The van der Waals surface area contributed by atoms with Gasteiger partial charge >= 0.3 is 0 Å². The summed E-state index contributed by atoms with van der Waals surface area (Å²) in [6.45, 7) is 3.92. The Morgan fingerprint density at radius 1 is 1.69 bits per heavy atom. The fraction of sp³-hybridized carbons (Fsp3) is 0.222. The van der Waals surface area contributed by atoms with Crippen molar-refractivity contribution in [3.63, 3.8) is 0 Å². The Balaban J connectivity index is 2.67. The molecule has 1 N–H and O–H groups in total. The number of hydrogen-bond acceptors (Lipinski definition) is 4. The van der Waals surface area contributed by atoms with Crippen molar-refractivity contribution in [1.29, 1.82) is 0 Å². The lowest BCUT2D eigenvalue weighted by atomic mass is 10.4. The number of fused-ring (bicyclic) bond motifs is 1. The maximum atomic E-state index is 11.7. The predicted octanol–water partition coefficient (Wildman–Crippen LogP) is 0.0430. The number of rotatable bonds is 3. The summed E-state index contributed by atoms with van der Waals surface area (Å²) in [6.07, 6.45) is 4.47. The van der Waals surface area contributed by atoms with Crippen molar-refractivity contribution >= 4 is 21.8 Å². The fourth-order valence-corrected chi connectivity index (χ4v) is 1.75. The van der Waals surface area contributed by atoms with E-state index in [0.29, 0.717) is 17.6 Å². The normalized spacial score (nSPS) is 12.8. The average Bonchev–Trinajstić information content (AvgIpc) is 2.56. The second kappa shape index (κ2) is 4.01. The van der Waals surface area contributed by atoms with Crippen LogP contribution in [0.25, 0.3) is 11.0 Å². The summed E-state index contributed by atoms with van der Waals surface area (Å²) in [5.74, 6) is 0. The smallest absolute Gasteiger partial charge is 0.277 e. The highest BCUT2D eigenvalue weighted by Gasteiger charge is 2.09. The number of allylic oxidation sites excluding steroid dienone is 1. The Kier molecular flexibility index (Phi) is 2.69. The first-order valence-electron chi connectivity index (χ1n) is 4.53. The third kappa shape index (κ3) is 1.69. The lowest BCUT2D eigenvalue weighted by Crippen LogP contribution is -2.15. The van der Waals surface area contributed by atoms with Gasteiger partial charge < -0.3 is 0 Å². The molecule has 0 bridgehead atoms. The topological polar surface area (TPSA) is 80.6 Å². The summed E-state index contributed by atoms with van der Waals surface area (Å²) >= 11 is 0. The molecule has 0 saturated heterocycles. The molecule has 84 valence electrons. The summed E-state index contributed by atoms with van der Waals surface area (Å²) in [5.41, 5.74) is 0.190. The molecule has 2 heterocycles. The molecule has 1 unspecified atom stereocenters. The standard InChI is InChI=1S/C9H10N4O2S/c1-3-4-13-8(14)6-5-10-9(16(2)15)11-7(6)12-13/h3,5H,1,4H2,2H3,(H,10,11,12). The highest BCUT2D eigenvalue weighted by Crippen LogP contribution is 2.05. The van der Waals surface area contributed by atoms with Gasteiger partial charge in [-0.2, -0.15) is 0 Å². The van der Waals surface area contributed by atoms with E-state index in [-0.39, 0.29) is 10.7 Å². The number of H-pyrrole nitrogens is 1. The lowest BCUT2D eigenvalue weighted by molar-refractivity contribution is 0.677. The zero-order valence-electron chi connectivity index (χ0n) is 8.64. The quantitative estimate of drug-likeness (QED) is 0.605. The molecule has 0 aromatic carbocycles. The summed E-state index contributed by atoms with van der Waals surface area (Å²) < 4.78 is 12.5. The first-order valence-corrected chi connectivity index (χ1v) is 6.09. The molecule has 1 atom stereocenters. The molecular weight excluding hydrogens is 228 g/mol. The van der Waals surface area contributed by atoms with E-state index in [9.17, 15) is 9.00 Å². The van der Waals surface area contributed by atoms with Gasteiger partial charge in [0.2, 0.25) is 5.16 Å². The highest BCUT2D eigenvalue weighted by atomic mass is 32.2. The van der Waals surface area contributed by atoms with Gasteiger partial charge in [0, 0.05) is 12.5 Å². The van der Waals surface area contributed by atoms with Crippen molar-refractivity contribution in [3.05, 3.63) is 29.2 Å². The highest BCUT2D eigenvalue weighted by molar-refractivity contribution is 7.84. The van der Waals surface area contributed by atoms with E-state index in [0.717, 1.165) is 0 Å². The number of nitrogens with one attached hydrogen (secondary N) is 1. The Bertz CT molecular complexity index is 628. The van der Waals surface area contributed by atoms with Crippen LogP contribution in [0.15, 0.2) is 28.8 Å². The van der Waals surface area contributed by atoms with Gasteiger partial charge in [0.05, 0.1) is 17.3 Å². The van der Waals surface area contributed by atoms with Gasteiger partial charge in [-0.25, -0.2) is 14.6 Å². The SMILES string of the molecule is C=CCn1[nH]c2nc(S(C)=O)ncc2c1=O. The molecule has 16 heavy (non-hydrogen) atoms. The molecule has 0 amide bonds. The van der Waals surface area contributed by atoms with Crippen molar-refractivity contribution in [2.75, 3.05) is 6.26 Å². The molecule has 6 nitrogen and oxygen atoms in total. The number of nitrogens with zero attached hydrogens (tertiary/aromatic N) is 3. The van der Waals surface area contributed by atoms with Gasteiger partial charge in [-0.1, -0.05) is 6.08 Å². The second-order valence-corrected chi connectivity index (χ2v) is 4.46. The minimum atomic E-state index is -1.26. The molecule has 0 saturated carbocycles. The predicted molar refractivity (Wildman–Crippen MR) is 60.7 cm³/mol. The van der Waals surface area contributed by atoms with Gasteiger partial charge in [0.15, 0.2) is 5.65 Å². The van der Waals surface area contributed by atoms with E-state index in [2.05, 4.69) is 21.6 Å². The molecule has 0 radical (unpaired) electrons. The number of aromatic amines is 1. The van der Waals surface area contributed by atoms with Crippen molar-refractivity contribution < 1.29 is 4.21 Å². The largest absolute Gasteiger partial charge is 0.278 e. The van der Waals surface area contributed by atoms with Crippen LogP contribution in [-0.4, -0.2) is 30.2 Å². The summed E-state index contributed by atoms with van der Waals surface area (Å²) in [6, 6.07) is 0. The number of aromatic nitrogens is 4. The minimum absolute atomic E-state index is 0.205. The maximum Gasteiger partial charge on any atom is 0.277 e. The van der Waals surface area contributed by atoms with Crippen LogP contribution in [0.3, 0.4) is 0 Å². The molecular formula is C9H10N4O2S. The summed E-state index contributed by atoms with van der Waals surface area (Å²) in [5, 5.41) is 3.40. The van der Waals surface area contributed by atoms with Gasteiger partial charge in [-0.05, 0) is 0 Å². The Morgan fingerprint density at radius 2 is 2.44 bits per heavy atom. The Morgan fingerprint density at radius 3 is 3.06 bits per heavy atom. The van der Waals surface area contributed by atoms with Crippen LogP contribution >= 0.6 is 0 Å². The molecule has 0 fully saturated rings. The van der Waals surface area contributed by atoms with Crippen LogP contribution in [0.1, 0.15) is 0 Å². The van der Waals surface area contributed by atoms with E-state index in [4.69, 9.17) is 0 Å². The third-order valence-electron chi connectivity index (χ3n) is 2.05. The van der Waals surface area contributed by atoms with E-state index in [1.165, 1.54) is 17.1 Å². The zero-order valence-corrected chi connectivity index (χ0v) is 9.45. The van der Waals surface area contributed by atoms with Crippen molar-refractivity contribution in [1.82, 2.24) is 19.7 Å². The average molecular weight is 238 g/mol. The van der Waals surface area contributed by atoms with Crippen molar-refractivity contribution in [3.8, 4) is 0 Å². The second-order valence-electron chi connectivity index (χ2n) is 3.19. The Labute approximate surface area is 93.5 Å². The molecule has 0 aliphatic carbocycles. The van der Waals surface area contributed by atoms with Crippen LogP contribution in [0.4, 0.5) is 0 Å². The van der Waals surface area contributed by atoms with Crippen LogP contribution in [0, 0.1) is 0 Å². The maximum absolute atomic E-state index is 11.7. The summed E-state index contributed by atoms with van der Waals surface area (Å²) in [4.78, 5) is 19.6. The van der Waals surface area contributed by atoms with Crippen molar-refractivity contribution in [2.24, 2.45) is 0 Å². The minimum Gasteiger partial charge on any atom is -0.278 e. The fourth-order valence-electron chi connectivity index (χ4n) is 1.33. The first kappa shape index (κ1) is 10.7. The van der Waals surface area contributed by atoms with Gasteiger partial charge in [-0.15, -0.1) is 6.58 Å². The van der Waals surface area contributed by atoms with Crippen LogP contribution < -0.4 is 5.56 Å². The van der Waals surface area contributed by atoms with Gasteiger partial charge in [0.25, 0.3) is 5.56 Å². The molecule has 2 aromatic heterocycles. The van der Waals surface area contributed by atoms with Crippen molar-refractivity contribution in [2.45, 2.75) is 11.7 Å². The van der Waals surface area contributed by atoms with Gasteiger partial charge in [0.1, 0.15) is 5.39 Å². The van der Waals surface area contributed by atoms with E-state index in [1.807, 2.05) is 0 Å². The van der Waals surface area contributed by atoms with E-state index in [1.54, 1.807) is 6.08 Å². The Hall–Kier alpha value is -1.76.